The third kappa shape index (κ3) is 3.12. The van der Waals surface area contributed by atoms with Gasteiger partial charge in [0.05, 0.1) is 25.9 Å². The average molecular weight is 358 g/mol. The topological polar surface area (TPSA) is 77.4 Å². The van der Waals surface area contributed by atoms with Crippen LogP contribution in [0.15, 0.2) is 36.9 Å². The number of hydrogen-bond acceptors (Lipinski definition) is 6. The molecule has 0 aromatic carbocycles. The number of amides is 1. The number of ether oxygens (including phenoxy) is 2. The molecule has 1 atom stereocenters. The molecule has 0 unspecified atom stereocenters. The van der Waals surface area contributed by atoms with Gasteiger partial charge in [-0.15, -0.1) is 0 Å². The first kappa shape index (κ1) is 16.8. The molecule has 2 aromatic rings. The highest BCUT2D eigenvalue weighted by Crippen LogP contribution is 2.42. The maximum Gasteiger partial charge on any atom is 0.274 e. The number of hydrogen-bond donors (Lipinski definition) is 0. The Labute approximate surface area is 150 Å². The molecular weight excluding hydrogens is 339 g/mol. The van der Waals surface area contributed by atoms with Crippen LogP contribution < -0.4 is 4.74 Å². The van der Waals surface area contributed by atoms with Crippen LogP contribution in [0, 0.1) is 11.7 Å². The SMILES string of the molecule is O=C(c1cnccn1)N1CC2(C1)OCC[C@@H]2CCOc1ncccc1F. The van der Waals surface area contributed by atoms with Gasteiger partial charge >= 0.3 is 0 Å². The minimum atomic E-state index is -0.464. The number of carbonyl (C=O) groups excluding carboxylic acids is 1. The van der Waals surface area contributed by atoms with Gasteiger partial charge in [-0.2, -0.15) is 0 Å². The molecule has 1 spiro atoms. The minimum absolute atomic E-state index is 0.0218. The molecule has 2 aliphatic heterocycles. The predicted octanol–water partition coefficient (Wildman–Crippen LogP) is 1.71. The molecule has 0 radical (unpaired) electrons. The first-order chi connectivity index (χ1) is 12.7. The minimum Gasteiger partial charge on any atom is -0.476 e. The number of pyridine rings is 1. The number of carbonyl (C=O) groups is 1. The normalized spacial score (nSPS) is 20.8. The summed E-state index contributed by atoms with van der Waals surface area (Å²) in [4.78, 5) is 26.0. The fourth-order valence-electron chi connectivity index (χ4n) is 3.63. The lowest BCUT2D eigenvalue weighted by Gasteiger charge is -2.50. The van der Waals surface area contributed by atoms with Gasteiger partial charge in [0.15, 0.2) is 5.82 Å². The lowest BCUT2D eigenvalue weighted by atomic mass is 9.79. The number of halogens is 1. The molecule has 4 rings (SSSR count). The Kier molecular flexibility index (Phi) is 4.50. The van der Waals surface area contributed by atoms with Gasteiger partial charge in [-0.25, -0.2) is 14.4 Å². The fourth-order valence-corrected chi connectivity index (χ4v) is 3.63. The molecule has 0 saturated carbocycles. The van der Waals surface area contributed by atoms with Crippen LogP contribution in [0.1, 0.15) is 23.3 Å². The number of rotatable bonds is 5. The van der Waals surface area contributed by atoms with E-state index in [9.17, 15) is 9.18 Å². The van der Waals surface area contributed by atoms with Crippen LogP contribution in [-0.2, 0) is 4.74 Å². The third-order valence-electron chi connectivity index (χ3n) is 5.02. The van der Waals surface area contributed by atoms with Crippen molar-refractivity contribution in [1.29, 1.82) is 0 Å². The predicted molar refractivity (Wildman–Crippen MR) is 89.0 cm³/mol. The van der Waals surface area contributed by atoms with Crippen LogP contribution >= 0.6 is 0 Å². The highest BCUT2D eigenvalue weighted by atomic mass is 19.1. The zero-order chi connectivity index (χ0) is 18.0. The Bertz CT molecular complexity index is 783. The molecule has 4 heterocycles. The highest BCUT2D eigenvalue weighted by Gasteiger charge is 2.54. The van der Waals surface area contributed by atoms with E-state index in [1.165, 1.54) is 36.9 Å². The molecule has 26 heavy (non-hydrogen) atoms. The molecular formula is C18H19FN4O3. The molecule has 8 heteroatoms. The van der Waals surface area contributed by atoms with Crippen LogP contribution in [0.25, 0.3) is 0 Å². The van der Waals surface area contributed by atoms with E-state index in [1.807, 2.05) is 0 Å². The summed E-state index contributed by atoms with van der Waals surface area (Å²) in [5.41, 5.74) is 0.00928. The maximum absolute atomic E-state index is 13.6. The molecule has 1 amide bonds. The van der Waals surface area contributed by atoms with Crippen LogP contribution in [0.4, 0.5) is 4.39 Å². The standard InChI is InChI=1S/C18H19FN4O3/c19-14-2-1-5-22-16(14)25-8-3-13-4-9-26-18(13)11-23(12-18)17(24)15-10-20-6-7-21-15/h1-2,5-7,10,13H,3-4,8-9,11-12H2/t13-/m0/s1. The van der Waals surface area contributed by atoms with Crippen molar-refractivity contribution in [3.8, 4) is 5.88 Å². The highest BCUT2D eigenvalue weighted by molar-refractivity contribution is 5.92. The Hall–Kier alpha value is -2.61. The van der Waals surface area contributed by atoms with E-state index in [2.05, 4.69) is 15.0 Å². The zero-order valence-corrected chi connectivity index (χ0v) is 14.2. The second-order valence-corrected chi connectivity index (χ2v) is 6.58. The van der Waals surface area contributed by atoms with Crippen LogP contribution in [0.2, 0.25) is 0 Å². The third-order valence-corrected chi connectivity index (χ3v) is 5.02. The van der Waals surface area contributed by atoms with Crippen LogP contribution in [0.5, 0.6) is 5.88 Å². The van der Waals surface area contributed by atoms with E-state index in [1.54, 1.807) is 4.90 Å². The van der Waals surface area contributed by atoms with Gasteiger partial charge < -0.3 is 14.4 Å². The zero-order valence-electron chi connectivity index (χ0n) is 14.2. The van der Waals surface area contributed by atoms with Crippen molar-refractivity contribution in [2.75, 3.05) is 26.3 Å². The van der Waals surface area contributed by atoms with E-state index >= 15 is 0 Å². The summed E-state index contributed by atoms with van der Waals surface area (Å²) < 4.78 is 25.0. The number of aromatic nitrogens is 3. The number of likely N-dealkylation sites (tertiary alicyclic amines) is 1. The van der Waals surface area contributed by atoms with Crippen molar-refractivity contribution in [2.45, 2.75) is 18.4 Å². The first-order valence-corrected chi connectivity index (χ1v) is 8.60. The Morgan fingerprint density at radius 3 is 3.00 bits per heavy atom. The van der Waals surface area contributed by atoms with E-state index in [0.29, 0.717) is 32.0 Å². The molecule has 2 aromatic heterocycles. The van der Waals surface area contributed by atoms with Gasteiger partial charge in [-0.1, -0.05) is 0 Å². The van der Waals surface area contributed by atoms with E-state index < -0.39 is 5.82 Å². The second kappa shape index (κ2) is 6.95. The molecule has 0 bridgehead atoms. The van der Waals surface area contributed by atoms with E-state index in [0.717, 1.165) is 12.8 Å². The molecule has 7 nitrogen and oxygen atoms in total. The van der Waals surface area contributed by atoms with Crippen molar-refractivity contribution in [3.63, 3.8) is 0 Å². The van der Waals surface area contributed by atoms with Gasteiger partial charge in [0, 0.05) is 25.2 Å². The molecule has 136 valence electrons. The van der Waals surface area contributed by atoms with Crippen molar-refractivity contribution < 1.29 is 18.7 Å². The number of nitrogens with zero attached hydrogens (tertiary/aromatic N) is 4. The maximum atomic E-state index is 13.6. The van der Waals surface area contributed by atoms with E-state index in [-0.39, 0.29) is 23.3 Å². The summed E-state index contributed by atoms with van der Waals surface area (Å²) in [6, 6.07) is 2.85. The largest absolute Gasteiger partial charge is 0.476 e. The summed E-state index contributed by atoms with van der Waals surface area (Å²) in [7, 11) is 0. The van der Waals surface area contributed by atoms with Crippen molar-refractivity contribution in [3.05, 3.63) is 48.4 Å². The summed E-state index contributed by atoms with van der Waals surface area (Å²) >= 11 is 0. The quantitative estimate of drug-likeness (QED) is 0.810. The first-order valence-electron chi connectivity index (χ1n) is 8.60. The monoisotopic (exact) mass is 358 g/mol. The van der Waals surface area contributed by atoms with Crippen molar-refractivity contribution in [2.24, 2.45) is 5.92 Å². The van der Waals surface area contributed by atoms with Gasteiger partial charge in [0.2, 0.25) is 5.88 Å². The Morgan fingerprint density at radius 2 is 2.23 bits per heavy atom. The lowest BCUT2D eigenvalue weighted by Crippen LogP contribution is -2.66. The van der Waals surface area contributed by atoms with Gasteiger partial charge in [0.1, 0.15) is 11.3 Å². The summed E-state index contributed by atoms with van der Waals surface area (Å²) in [5.74, 6) is -0.312. The van der Waals surface area contributed by atoms with Gasteiger partial charge in [0.25, 0.3) is 5.91 Å². The average Bonchev–Trinajstić information content (AvgIpc) is 3.06. The van der Waals surface area contributed by atoms with Crippen molar-refractivity contribution in [1.82, 2.24) is 19.9 Å². The van der Waals surface area contributed by atoms with E-state index in [4.69, 9.17) is 9.47 Å². The van der Waals surface area contributed by atoms with Gasteiger partial charge in [-0.3, -0.25) is 9.78 Å². The summed E-state index contributed by atoms with van der Waals surface area (Å²) in [6.07, 6.45) is 7.64. The molecule has 0 N–H and O–H groups in total. The summed E-state index contributed by atoms with van der Waals surface area (Å²) in [5, 5.41) is 0. The Balaban J connectivity index is 1.32. The summed E-state index contributed by atoms with van der Waals surface area (Å²) in [6.45, 7) is 2.09. The molecule has 2 aliphatic rings. The van der Waals surface area contributed by atoms with Crippen molar-refractivity contribution >= 4 is 5.91 Å². The molecule has 0 aliphatic carbocycles. The molecule has 2 fully saturated rings. The van der Waals surface area contributed by atoms with Crippen LogP contribution in [-0.4, -0.2) is 57.7 Å². The fraction of sp³-hybridized carbons (Fsp3) is 0.444. The smallest absolute Gasteiger partial charge is 0.274 e. The van der Waals surface area contributed by atoms with Gasteiger partial charge in [-0.05, 0) is 30.9 Å². The van der Waals surface area contributed by atoms with Crippen LogP contribution in [0.3, 0.4) is 0 Å². The lowest BCUT2D eigenvalue weighted by molar-refractivity contribution is -0.119. The molecule has 2 saturated heterocycles. The second-order valence-electron chi connectivity index (χ2n) is 6.58. The Morgan fingerprint density at radius 1 is 1.35 bits per heavy atom.